The highest BCUT2D eigenvalue weighted by atomic mass is 16.2. The first-order valence-corrected chi connectivity index (χ1v) is 9.05. The lowest BCUT2D eigenvalue weighted by molar-refractivity contribution is -0.134. The van der Waals surface area contributed by atoms with Gasteiger partial charge in [0.05, 0.1) is 24.4 Å². The number of hydrogen-bond acceptors (Lipinski definition) is 4. The van der Waals surface area contributed by atoms with Gasteiger partial charge >= 0.3 is 0 Å². The number of aromatic nitrogens is 3. The van der Waals surface area contributed by atoms with Crippen molar-refractivity contribution in [1.29, 1.82) is 0 Å². The Balaban J connectivity index is 1.43. The summed E-state index contributed by atoms with van der Waals surface area (Å²) in [5, 5.41) is 8.35. The van der Waals surface area contributed by atoms with Gasteiger partial charge in [-0.2, -0.15) is 15.0 Å². The second-order valence-corrected chi connectivity index (χ2v) is 7.25. The van der Waals surface area contributed by atoms with Crippen molar-refractivity contribution >= 4 is 17.5 Å². The summed E-state index contributed by atoms with van der Waals surface area (Å²) in [6, 6.07) is 6.13. The van der Waals surface area contributed by atoms with Crippen LogP contribution in [0.5, 0.6) is 0 Å². The Morgan fingerprint density at radius 1 is 1.12 bits per heavy atom. The van der Waals surface area contributed by atoms with Gasteiger partial charge in [0.1, 0.15) is 0 Å². The lowest BCUT2D eigenvalue weighted by Gasteiger charge is -2.21. The van der Waals surface area contributed by atoms with Crippen LogP contribution in [0.4, 0.5) is 5.69 Å². The van der Waals surface area contributed by atoms with E-state index in [4.69, 9.17) is 0 Å². The summed E-state index contributed by atoms with van der Waals surface area (Å²) in [7, 11) is 0. The zero-order valence-corrected chi connectivity index (χ0v) is 15.1. The third kappa shape index (κ3) is 2.98. The van der Waals surface area contributed by atoms with Crippen molar-refractivity contribution in [2.45, 2.75) is 32.7 Å². The van der Waals surface area contributed by atoms with E-state index in [0.717, 1.165) is 17.7 Å². The van der Waals surface area contributed by atoms with Crippen LogP contribution >= 0.6 is 0 Å². The highest BCUT2D eigenvalue weighted by Crippen LogP contribution is 2.29. The number of carbonyl (C=O) groups excluding carboxylic acids is 2. The summed E-state index contributed by atoms with van der Waals surface area (Å²) in [5.41, 5.74) is 3.23. The van der Waals surface area contributed by atoms with Crippen molar-refractivity contribution in [3.8, 4) is 0 Å². The lowest BCUT2D eigenvalue weighted by Crippen LogP contribution is -2.36. The Labute approximate surface area is 152 Å². The molecule has 3 heterocycles. The van der Waals surface area contributed by atoms with Crippen LogP contribution in [-0.4, -0.2) is 51.3 Å². The van der Waals surface area contributed by atoms with Gasteiger partial charge in [0.15, 0.2) is 0 Å². The van der Waals surface area contributed by atoms with Crippen LogP contribution in [0.15, 0.2) is 30.6 Å². The predicted octanol–water partition coefficient (Wildman–Crippen LogP) is 1.72. The van der Waals surface area contributed by atoms with Crippen LogP contribution in [-0.2, 0) is 9.59 Å². The SMILES string of the molecule is Cc1ccc(N2CC(C(=O)N3CCC(n4nccn4)C3)CC2=O)cc1C. The number of nitrogens with zero attached hydrogens (tertiary/aromatic N) is 5. The van der Waals surface area contributed by atoms with Gasteiger partial charge in [-0.15, -0.1) is 0 Å². The zero-order chi connectivity index (χ0) is 18.3. The third-order valence-corrected chi connectivity index (χ3v) is 5.51. The highest BCUT2D eigenvalue weighted by Gasteiger charge is 2.39. The van der Waals surface area contributed by atoms with E-state index < -0.39 is 0 Å². The van der Waals surface area contributed by atoms with Gasteiger partial charge in [0, 0.05) is 31.7 Å². The molecule has 2 unspecified atom stereocenters. The molecule has 0 saturated carbocycles. The number of amides is 2. The van der Waals surface area contributed by atoms with Crippen LogP contribution in [0.2, 0.25) is 0 Å². The van der Waals surface area contributed by atoms with Crippen molar-refractivity contribution in [2.75, 3.05) is 24.5 Å². The molecule has 7 nitrogen and oxygen atoms in total. The molecule has 0 N–H and O–H groups in total. The topological polar surface area (TPSA) is 71.3 Å². The van der Waals surface area contributed by atoms with E-state index in [-0.39, 0.29) is 30.2 Å². The largest absolute Gasteiger partial charge is 0.340 e. The maximum Gasteiger partial charge on any atom is 0.228 e. The molecule has 0 bridgehead atoms. The molecular weight excluding hydrogens is 330 g/mol. The first-order valence-electron chi connectivity index (χ1n) is 9.05. The van der Waals surface area contributed by atoms with Crippen molar-refractivity contribution in [3.05, 3.63) is 41.7 Å². The molecule has 4 rings (SSSR count). The van der Waals surface area contributed by atoms with Gasteiger partial charge < -0.3 is 9.80 Å². The van der Waals surface area contributed by atoms with Gasteiger partial charge in [-0.3, -0.25) is 9.59 Å². The lowest BCUT2D eigenvalue weighted by atomic mass is 10.1. The summed E-state index contributed by atoms with van der Waals surface area (Å²) >= 11 is 0. The third-order valence-electron chi connectivity index (χ3n) is 5.51. The fourth-order valence-electron chi connectivity index (χ4n) is 3.82. The van der Waals surface area contributed by atoms with Crippen LogP contribution < -0.4 is 4.90 Å². The summed E-state index contributed by atoms with van der Waals surface area (Å²) < 4.78 is 0. The molecule has 1 aromatic carbocycles. The Morgan fingerprint density at radius 3 is 2.62 bits per heavy atom. The molecule has 2 aromatic rings. The first kappa shape index (κ1) is 16.8. The summed E-state index contributed by atoms with van der Waals surface area (Å²) in [6.07, 6.45) is 4.44. The molecule has 2 aliphatic rings. The summed E-state index contributed by atoms with van der Waals surface area (Å²) in [5.74, 6) is -0.177. The van der Waals surface area contributed by atoms with Gasteiger partial charge in [0.25, 0.3) is 0 Å². The second kappa shape index (κ2) is 6.55. The molecule has 136 valence electrons. The van der Waals surface area contributed by atoms with E-state index in [2.05, 4.69) is 17.1 Å². The number of benzene rings is 1. The number of likely N-dealkylation sites (tertiary alicyclic amines) is 1. The molecule has 2 atom stereocenters. The van der Waals surface area contributed by atoms with Crippen LogP contribution in [0, 0.1) is 19.8 Å². The van der Waals surface area contributed by atoms with Crippen LogP contribution in [0.3, 0.4) is 0 Å². The maximum atomic E-state index is 12.9. The van der Waals surface area contributed by atoms with Gasteiger partial charge in [-0.1, -0.05) is 6.07 Å². The normalized spacial score (nSPS) is 23.1. The Morgan fingerprint density at radius 2 is 1.88 bits per heavy atom. The van der Waals surface area contributed by atoms with E-state index in [0.29, 0.717) is 19.6 Å². The molecule has 2 amide bonds. The number of carbonyl (C=O) groups is 2. The quantitative estimate of drug-likeness (QED) is 0.842. The number of anilines is 1. The predicted molar refractivity (Wildman–Crippen MR) is 96.6 cm³/mol. The molecule has 2 saturated heterocycles. The maximum absolute atomic E-state index is 12.9. The summed E-state index contributed by atoms with van der Waals surface area (Å²) in [6.45, 7) is 5.85. The minimum atomic E-state index is -0.270. The molecule has 2 aliphatic heterocycles. The van der Waals surface area contributed by atoms with Crippen LogP contribution in [0.25, 0.3) is 0 Å². The average Bonchev–Trinajstić information content (AvgIpc) is 3.36. The van der Waals surface area contributed by atoms with Crippen molar-refractivity contribution < 1.29 is 9.59 Å². The van der Waals surface area contributed by atoms with Gasteiger partial charge in [-0.25, -0.2) is 0 Å². The van der Waals surface area contributed by atoms with Crippen molar-refractivity contribution in [1.82, 2.24) is 19.9 Å². The molecule has 0 spiro atoms. The van der Waals surface area contributed by atoms with Crippen molar-refractivity contribution in [2.24, 2.45) is 5.92 Å². The Bertz CT molecular complexity index is 832. The molecular formula is C19H23N5O2. The van der Waals surface area contributed by atoms with Crippen molar-refractivity contribution in [3.63, 3.8) is 0 Å². The molecule has 1 aromatic heterocycles. The molecule has 7 heteroatoms. The van der Waals surface area contributed by atoms with E-state index in [1.54, 1.807) is 22.1 Å². The fourth-order valence-corrected chi connectivity index (χ4v) is 3.82. The molecule has 2 fully saturated rings. The second-order valence-electron chi connectivity index (χ2n) is 7.25. The van der Waals surface area contributed by atoms with Gasteiger partial charge in [-0.05, 0) is 43.5 Å². The monoisotopic (exact) mass is 353 g/mol. The molecule has 0 radical (unpaired) electrons. The smallest absolute Gasteiger partial charge is 0.228 e. The minimum absolute atomic E-state index is 0.0242. The number of hydrogen-bond donors (Lipinski definition) is 0. The summed E-state index contributed by atoms with van der Waals surface area (Å²) in [4.78, 5) is 30.7. The standard InChI is InChI=1S/C19H23N5O2/c1-13-3-4-16(9-14(13)2)23-11-15(10-18(23)25)19(26)22-8-5-17(12-22)24-20-6-7-21-24/h3-4,6-7,9,15,17H,5,8,10-12H2,1-2H3. The highest BCUT2D eigenvalue weighted by molar-refractivity contribution is 6.00. The molecule has 0 aliphatic carbocycles. The zero-order valence-electron chi connectivity index (χ0n) is 15.1. The average molecular weight is 353 g/mol. The molecule has 26 heavy (non-hydrogen) atoms. The van der Waals surface area contributed by atoms with Gasteiger partial charge in [0.2, 0.25) is 11.8 Å². The Kier molecular flexibility index (Phi) is 4.22. The van der Waals surface area contributed by atoms with E-state index >= 15 is 0 Å². The number of aryl methyl sites for hydroxylation is 2. The minimum Gasteiger partial charge on any atom is -0.340 e. The Hall–Kier alpha value is -2.70. The van der Waals surface area contributed by atoms with E-state index in [1.807, 2.05) is 30.0 Å². The van der Waals surface area contributed by atoms with E-state index in [9.17, 15) is 9.59 Å². The van der Waals surface area contributed by atoms with Crippen LogP contribution in [0.1, 0.15) is 30.0 Å². The number of rotatable bonds is 3. The first-order chi connectivity index (χ1) is 12.5. The fraction of sp³-hybridized carbons (Fsp3) is 0.474. The van der Waals surface area contributed by atoms with E-state index in [1.165, 1.54) is 5.56 Å².